The highest BCUT2D eigenvalue weighted by Crippen LogP contribution is 2.31. The molecule has 31 heavy (non-hydrogen) atoms. The molecule has 3 aromatic rings. The molecule has 0 saturated carbocycles. The van der Waals surface area contributed by atoms with E-state index in [0.29, 0.717) is 28.5 Å². The van der Waals surface area contributed by atoms with Gasteiger partial charge in [-0.15, -0.1) is 0 Å². The highest BCUT2D eigenvalue weighted by molar-refractivity contribution is 6.03. The molecule has 0 aliphatic carbocycles. The lowest BCUT2D eigenvalue weighted by atomic mass is 10.0. The van der Waals surface area contributed by atoms with E-state index in [4.69, 9.17) is 4.52 Å². The Morgan fingerprint density at radius 1 is 0.968 bits per heavy atom. The van der Waals surface area contributed by atoms with Crippen molar-refractivity contribution in [3.8, 4) is 11.5 Å². The third kappa shape index (κ3) is 5.17. The van der Waals surface area contributed by atoms with Crippen molar-refractivity contribution in [1.29, 1.82) is 0 Å². The van der Waals surface area contributed by atoms with Gasteiger partial charge in [-0.25, -0.2) is 0 Å². The summed E-state index contributed by atoms with van der Waals surface area (Å²) in [6.07, 6.45) is 0. The van der Waals surface area contributed by atoms with Crippen molar-refractivity contribution in [3.05, 3.63) is 65.5 Å². The summed E-state index contributed by atoms with van der Waals surface area (Å²) in [5, 5.41) is 9.84. The summed E-state index contributed by atoms with van der Waals surface area (Å²) >= 11 is 0. The number of carbonyl (C=O) groups excluding carboxylic acids is 2. The highest BCUT2D eigenvalue weighted by atomic mass is 16.5. The largest absolute Gasteiger partial charge is 0.340 e. The molecule has 1 atom stereocenters. The molecule has 0 aliphatic heterocycles. The van der Waals surface area contributed by atoms with Gasteiger partial charge in [-0.2, -0.15) is 4.98 Å². The summed E-state index contributed by atoms with van der Waals surface area (Å²) in [6, 6.07) is 13.7. The Hall–Kier alpha value is -3.48. The number of anilines is 1. The summed E-state index contributed by atoms with van der Waals surface area (Å²) in [7, 11) is 0. The maximum atomic E-state index is 13.2. The third-order valence-corrected chi connectivity index (χ3v) is 4.98. The third-order valence-electron chi connectivity index (χ3n) is 4.98. The zero-order valence-corrected chi connectivity index (χ0v) is 18.5. The Labute approximate surface area is 182 Å². The second-order valence-electron chi connectivity index (χ2n) is 8.16. The Morgan fingerprint density at radius 2 is 1.68 bits per heavy atom. The molecule has 3 rings (SSSR count). The summed E-state index contributed by atoms with van der Waals surface area (Å²) in [6.45, 7) is 9.64. The molecular formula is C24H28N4O3. The van der Waals surface area contributed by atoms with Gasteiger partial charge in [-0.1, -0.05) is 63.2 Å². The number of para-hydroxylation sites is 1. The number of aryl methyl sites for hydroxylation is 1. The fraction of sp³-hybridized carbons (Fsp3) is 0.333. The highest BCUT2D eigenvalue weighted by Gasteiger charge is 2.26. The molecule has 0 radical (unpaired) electrons. The standard InChI is InChI=1S/C24H28N4O3/c1-14(2)19(25-22(29)17-11-7-6-8-12-17)23(30)26-20-16(5)10-9-13-18(20)24-27-21(15(3)4)28-31-24/h6-15,19H,1-5H3,(H,25,29)(H,26,30). The van der Waals surface area contributed by atoms with Gasteiger partial charge < -0.3 is 15.2 Å². The van der Waals surface area contributed by atoms with Crippen LogP contribution in [0, 0.1) is 12.8 Å². The van der Waals surface area contributed by atoms with Gasteiger partial charge in [0.2, 0.25) is 5.91 Å². The Balaban J connectivity index is 1.86. The van der Waals surface area contributed by atoms with Crippen LogP contribution in [-0.4, -0.2) is 28.0 Å². The van der Waals surface area contributed by atoms with Gasteiger partial charge >= 0.3 is 0 Å². The van der Waals surface area contributed by atoms with Gasteiger partial charge in [0.15, 0.2) is 5.82 Å². The first-order valence-electron chi connectivity index (χ1n) is 10.4. The van der Waals surface area contributed by atoms with Gasteiger partial charge in [0.1, 0.15) is 6.04 Å². The molecule has 0 fully saturated rings. The molecule has 2 N–H and O–H groups in total. The average molecular weight is 421 g/mol. The molecular weight excluding hydrogens is 392 g/mol. The van der Waals surface area contributed by atoms with Crippen molar-refractivity contribution in [2.75, 3.05) is 5.32 Å². The topological polar surface area (TPSA) is 97.1 Å². The second-order valence-corrected chi connectivity index (χ2v) is 8.16. The number of carbonyl (C=O) groups is 2. The van der Waals surface area contributed by atoms with Crippen molar-refractivity contribution in [2.24, 2.45) is 5.92 Å². The van der Waals surface area contributed by atoms with Crippen molar-refractivity contribution in [3.63, 3.8) is 0 Å². The molecule has 1 heterocycles. The second kappa shape index (κ2) is 9.55. The SMILES string of the molecule is Cc1cccc(-c2nc(C(C)C)no2)c1NC(=O)C(NC(=O)c1ccccc1)C(C)C. The minimum Gasteiger partial charge on any atom is -0.340 e. The van der Waals surface area contributed by atoms with Crippen molar-refractivity contribution in [1.82, 2.24) is 15.5 Å². The maximum Gasteiger partial charge on any atom is 0.260 e. The smallest absolute Gasteiger partial charge is 0.260 e. The van der Waals surface area contributed by atoms with Crippen LogP contribution in [0.15, 0.2) is 53.1 Å². The normalized spacial score (nSPS) is 12.1. The molecule has 7 nitrogen and oxygen atoms in total. The van der Waals surface area contributed by atoms with Crippen molar-refractivity contribution < 1.29 is 14.1 Å². The number of nitrogens with one attached hydrogen (secondary N) is 2. The molecule has 0 saturated heterocycles. The lowest BCUT2D eigenvalue weighted by Gasteiger charge is -2.23. The van der Waals surface area contributed by atoms with Gasteiger partial charge in [-0.05, 0) is 36.6 Å². The van der Waals surface area contributed by atoms with E-state index < -0.39 is 6.04 Å². The number of aromatic nitrogens is 2. The lowest BCUT2D eigenvalue weighted by molar-refractivity contribution is -0.118. The van der Waals surface area contributed by atoms with Crippen LogP contribution in [0.5, 0.6) is 0 Å². The summed E-state index contributed by atoms with van der Waals surface area (Å²) < 4.78 is 5.44. The minimum atomic E-state index is -0.714. The number of hydrogen-bond acceptors (Lipinski definition) is 5. The predicted octanol–water partition coefficient (Wildman–Crippen LogP) is 4.56. The van der Waals surface area contributed by atoms with Gasteiger partial charge in [-0.3, -0.25) is 9.59 Å². The van der Waals surface area contributed by atoms with Crippen LogP contribution >= 0.6 is 0 Å². The quantitative estimate of drug-likeness (QED) is 0.584. The van der Waals surface area contributed by atoms with Gasteiger partial charge in [0.25, 0.3) is 11.8 Å². The van der Waals surface area contributed by atoms with E-state index in [1.807, 2.05) is 58.9 Å². The molecule has 1 aromatic heterocycles. The van der Waals surface area contributed by atoms with E-state index in [1.165, 1.54) is 0 Å². The summed E-state index contributed by atoms with van der Waals surface area (Å²) in [5.74, 6) is 0.354. The Bertz CT molecular complexity index is 1060. The summed E-state index contributed by atoms with van der Waals surface area (Å²) in [4.78, 5) is 30.2. The van der Waals surface area contributed by atoms with Gasteiger partial charge in [0.05, 0.1) is 11.3 Å². The molecule has 0 bridgehead atoms. The first-order valence-corrected chi connectivity index (χ1v) is 10.4. The van der Waals surface area contributed by atoms with Crippen LogP contribution in [0.1, 0.15) is 55.4 Å². The number of nitrogens with zero attached hydrogens (tertiary/aromatic N) is 2. The molecule has 162 valence electrons. The first kappa shape index (κ1) is 22.2. The van der Waals surface area contributed by atoms with Crippen LogP contribution in [0.3, 0.4) is 0 Å². The van der Waals surface area contributed by atoms with Crippen molar-refractivity contribution in [2.45, 2.75) is 46.6 Å². The van der Waals surface area contributed by atoms with Crippen LogP contribution in [0.25, 0.3) is 11.5 Å². The summed E-state index contributed by atoms with van der Waals surface area (Å²) in [5.41, 5.74) is 2.59. The van der Waals surface area contributed by atoms with Crippen LogP contribution in [0.4, 0.5) is 5.69 Å². The number of amides is 2. The fourth-order valence-electron chi connectivity index (χ4n) is 3.14. The number of rotatable bonds is 7. The Kier molecular flexibility index (Phi) is 6.84. The molecule has 0 spiro atoms. The number of benzene rings is 2. The van der Waals surface area contributed by atoms with E-state index in [-0.39, 0.29) is 23.7 Å². The van der Waals surface area contributed by atoms with E-state index in [2.05, 4.69) is 20.8 Å². The van der Waals surface area contributed by atoms with E-state index in [9.17, 15) is 9.59 Å². The van der Waals surface area contributed by atoms with E-state index >= 15 is 0 Å². The zero-order chi connectivity index (χ0) is 22.5. The molecule has 1 unspecified atom stereocenters. The predicted molar refractivity (Wildman–Crippen MR) is 120 cm³/mol. The fourth-order valence-corrected chi connectivity index (χ4v) is 3.14. The first-order chi connectivity index (χ1) is 14.8. The monoisotopic (exact) mass is 420 g/mol. The van der Waals surface area contributed by atoms with Crippen LogP contribution < -0.4 is 10.6 Å². The van der Waals surface area contributed by atoms with Crippen LogP contribution in [0.2, 0.25) is 0 Å². The average Bonchev–Trinajstić information content (AvgIpc) is 3.24. The maximum absolute atomic E-state index is 13.2. The zero-order valence-electron chi connectivity index (χ0n) is 18.5. The lowest BCUT2D eigenvalue weighted by Crippen LogP contribution is -2.47. The van der Waals surface area contributed by atoms with E-state index in [0.717, 1.165) is 5.56 Å². The minimum absolute atomic E-state index is 0.115. The molecule has 7 heteroatoms. The number of hydrogen-bond donors (Lipinski definition) is 2. The Morgan fingerprint density at radius 3 is 2.29 bits per heavy atom. The van der Waals surface area contributed by atoms with E-state index in [1.54, 1.807) is 24.3 Å². The molecule has 2 amide bonds. The van der Waals surface area contributed by atoms with Crippen LogP contribution in [-0.2, 0) is 4.79 Å². The molecule has 0 aliphatic rings. The molecule has 2 aromatic carbocycles. The van der Waals surface area contributed by atoms with Crippen molar-refractivity contribution >= 4 is 17.5 Å². The van der Waals surface area contributed by atoms with Gasteiger partial charge in [0, 0.05) is 11.5 Å².